The first-order chi connectivity index (χ1) is 7.27. The van der Waals surface area contributed by atoms with Gasteiger partial charge in [0.15, 0.2) is 0 Å². The van der Waals surface area contributed by atoms with Gasteiger partial charge in [-0.2, -0.15) is 5.10 Å². The summed E-state index contributed by atoms with van der Waals surface area (Å²) in [5.74, 6) is -0.341. The lowest BCUT2D eigenvalue weighted by molar-refractivity contribution is -0.124. The molecule has 2 rings (SSSR count). The second-order valence-corrected chi connectivity index (χ2v) is 3.02. The fourth-order valence-electron chi connectivity index (χ4n) is 1.19. The molecule has 1 aliphatic heterocycles. The minimum atomic E-state index is -0.479. The molecule has 76 valence electrons. The van der Waals surface area contributed by atoms with Crippen molar-refractivity contribution in [2.75, 3.05) is 6.54 Å². The SMILES string of the molecule is O=C1CNC(=O)N1/N=C/c1ccccc1. The van der Waals surface area contributed by atoms with Crippen LogP contribution in [0.15, 0.2) is 35.4 Å². The van der Waals surface area contributed by atoms with Crippen LogP contribution in [0.4, 0.5) is 4.79 Å². The molecular formula is C10H9N3O2. The van der Waals surface area contributed by atoms with E-state index in [-0.39, 0.29) is 12.5 Å². The van der Waals surface area contributed by atoms with Gasteiger partial charge in [-0.05, 0) is 5.56 Å². The van der Waals surface area contributed by atoms with Gasteiger partial charge in [0.1, 0.15) is 6.54 Å². The maximum Gasteiger partial charge on any atom is 0.345 e. The molecule has 0 unspecified atom stereocenters. The Morgan fingerprint density at radius 1 is 1.27 bits per heavy atom. The average molecular weight is 203 g/mol. The summed E-state index contributed by atoms with van der Waals surface area (Å²) in [6.07, 6.45) is 1.48. The summed E-state index contributed by atoms with van der Waals surface area (Å²) in [7, 11) is 0. The van der Waals surface area contributed by atoms with Crippen molar-refractivity contribution in [3.05, 3.63) is 35.9 Å². The Bertz CT molecular complexity index is 398. The van der Waals surface area contributed by atoms with Crippen LogP contribution in [0.25, 0.3) is 0 Å². The van der Waals surface area contributed by atoms with E-state index in [1.807, 2.05) is 30.3 Å². The highest BCUT2D eigenvalue weighted by atomic mass is 16.2. The molecule has 0 bridgehead atoms. The zero-order valence-electron chi connectivity index (χ0n) is 7.88. The van der Waals surface area contributed by atoms with Crippen molar-refractivity contribution < 1.29 is 9.59 Å². The molecule has 1 aliphatic rings. The van der Waals surface area contributed by atoms with Gasteiger partial charge in [0.05, 0.1) is 6.21 Å². The first-order valence-corrected chi connectivity index (χ1v) is 4.47. The molecular weight excluding hydrogens is 194 g/mol. The van der Waals surface area contributed by atoms with Crippen molar-refractivity contribution in [2.45, 2.75) is 0 Å². The summed E-state index contributed by atoms with van der Waals surface area (Å²) in [6, 6.07) is 8.78. The molecule has 1 heterocycles. The van der Waals surface area contributed by atoms with Gasteiger partial charge in [-0.1, -0.05) is 30.3 Å². The predicted molar refractivity (Wildman–Crippen MR) is 54.3 cm³/mol. The average Bonchev–Trinajstić information content (AvgIpc) is 2.58. The van der Waals surface area contributed by atoms with Crippen LogP contribution in [-0.2, 0) is 4.79 Å². The second kappa shape index (κ2) is 3.91. The molecule has 1 N–H and O–H groups in total. The number of hydrazone groups is 1. The standard InChI is InChI=1S/C10H9N3O2/c14-9-7-11-10(15)13(9)12-6-8-4-2-1-3-5-8/h1-6H,7H2,(H,11,15)/b12-6+. The zero-order chi connectivity index (χ0) is 10.7. The van der Waals surface area contributed by atoms with Crippen molar-refractivity contribution in [1.29, 1.82) is 0 Å². The van der Waals surface area contributed by atoms with E-state index >= 15 is 0 Å². The van der Waals surface area contributed by atoms with Crippen LogP contribution in [0.5, 0.6) is 0 Å². The van der Waals surface area contributed by atoms with E-state index in [0.29, 0.717) is 0 Å². The summed E-state index contributed by atoms with van der Waals surface area (Å²) in [6.45, 7) is 0.0188. The number of urea groups is 1. The summed E-state index contributed by atoms with van der Waals surface area (Å²) in [5, 5.41) is 7.01. The van der Waals surface area contributed by atoms with Gasteiger partial charge in [0.25, 0.3) is 5.91 Å². The molecule has 1 saturated heterocycles. The topological polar surface area (TPSA) is 61.8 Å². The highest BCUT2D eigenvalue weighted by Crippen LogP contribution is 2.00. The Kier molecular flexibility index (Phi) is 2.45. The molecule has 1 aromatic rings. The van der Waals surface area contributed by atoms with Gasteiger partial charge in [0.2, 0.25) is 0 Å². The number of hydrogen-bond donors (Lipinski definition) is 1. The Labute approximate surface area is 86.4 Å². The van der Waals surface area contributed by atoms with Gasteiger partial charge in [-0.15, -0.1) is 5.01 Å². The molecule has 0 aliphatic carbocycles. The number of amides is 3. The van der Waals surface area contributed by atoms with Crippen molar-refractivity contribution in [3.63, 3.8) is 0 Å². The van der Waals surface area contributed by atoms with Crippen LogP contribution in [0.3, 0.4) is 0 Å². The zero-order valence-corrected chi connectivity index (χ0v) is 7.88. The summed E-state index contributed by atoms with van der Waals surface area (Å²) in [5.41, 5.74) is 0.838. The van der Waals surface area contributed by atoms with Crippen LogP contribution in [0, 0.1) is 0 Å². The lowest BCUT2D eigenvalue weighted by atomic mass is 10.2. The number of carbonyl (C=O) groups excluding carboxylic acids is 2. The highest BCUT2D eigenvalue weighted by molar-refractivity contribution is 6.02. The van der Waals surface area contributed by atoms with Gasteiger partial charge in [-0.25, -0.2) is 4.79 Å². The van der Waals surface area contributed by atoms with E-state index in [4.69, 9.17) is 0 Å². The molecule has 1 aromatic carbocycles. The number of carbonyl (C=O) groups is 2. The van der Waals surface area contributed by atoms with Gasteiger partial charge < -0.3 is 5.32 Å². The third-order valence-corrected chi connectivity index (χ3v) is 1.94. The molecule has 0 radical (unpaired) electrons. The van der Waals surface area contributed by atoms with Crippen molar-refractivity contribution in [3.8, 4) is 0 Å². The smallest absolute Gasteiger partial charge is 0.327 e. The van der Waals surface area contributed by atoms with Gasteiger partial charge in [-0.3, -0.25) is 4.79 Å². The second-order valence-electron chi connectivity index (χ2n) is 3.02. The van der Waals surface area contributed by atoms with E-state index in [0.717, 1.165) is 10.6 Å². The molecule has 0 spiro atoms. The third-order valence-electron chi connectivity index (χ3n) is 1.94. The Balaban J connectivity index is 2.12. The highest BCUT2D eigenvalue weighted by Gasteiger charge is 2.27. The van der Waals surface area contributed by atoms with Gasteiger partial charge in [0, 0.05) is 0 Å². The van der Waals surface area contributed by atoms with Crippen LogP contribution in [0.1, 0.15) is 5.56 Å². The number of nitrogens with zero attached hydrogens (tertiary/aromatic N) is 2. The predicted octanol–water partition coefficient (Wildman–Crippen LogP) is 0.572. The molecule has 5 nitrogen and oxygen atoms in total. The molecule has 15 heavy (non-hydrogen) atoms. The Morgan fingerprint density at radius 3 is 2.60 bits per heavy atom. The van der Waals surface area contributed by atoms with Crippen LogP contribution >= 0.6 is 0 Å². The minimum Gasteiger partial charge on any atom is -0.327 e. The summed E-state index contributed by atoms with van der Waals surface area (Å²) < 4.78 is 0. The van der Waals surface area contributed by atoms with Crippen molar-refractivity contribution in [1.82, 2.24) is 10.3 Å². The fraction of sp³-hybridized carbons (Fsp3) is 0.100. The minimum absolute atomic E-state index is 0.0188. The maximum absolute atomic E-state index is 11.1. The van der Waals surface area contributed by atoms with E-state index in [2.05, 4.69) is 10.4 Å². The largest absolute Gasteiger partial charge is 0.345 e. The van der Waals surface area contributed by atoms with E-state index < -0.39 is 6.03 Å². The summed E-state index contributed by atoms with van der Waals surface area (Å²) in [4.78, 5) is 22.2. The Morgan fingerprint density at radius 2 is 2.00 bits per heavy atom. The monoisotopic (exact) mass is 203 g/mol. The van der Waals surface area contributed by atoms with E-state index in [1.165, 1.54) is 6.21 Å². The maximum atomic E-state index is 11.1. The lowest BCUT2D eigenvalue weighted by Gasteiger charge is -2.02. The molecule has 1 fully saturated rings. The molecule has 3 amide bonds. The number of rotatable bonds is 2. The molecule has 5 heteroatoms. The molecule has 0 saturated carbocycles. The third kappa shape index (κ3) is 2.01. The van der Waals surface area contributed by atoms with Crippen molar-refractivity contribution >= 4 is 18.2 Å². The van der Waals surface area contributed by atoms with Crippen LogP contribution in [-0.4, -0.2) is 29.7 Å². The van der Waals surface area contributed by atoms with Crippen LogP contribution < -0.4 is 5.32 Å². The van der Waals surface area contributed by atoms with E-state index in [9.17, 15) is 9.59 Å². The number of imide groups is 1. The quantitative estimate of drug-likeness (QED) is 0.564. The number of benzene rings is 1. The number of hydrogen-bond acceptors (Lipinski definition) is 3. The first-order valence-electron chi connectivity index (χ1n) is 4.47. The molecule has 0 aromatic heterocycles. The van der Waals surface area contributed by atoms with E-state index in [1.54, 1.807) is 0 Å². The fourth-order valence-corrected chi connectivity index (χ4v) is 1.19. The normalized spacial score (nSPS) is 16.1. The summed E-state index contributed by atoms with van der Waals surface area (Å²) >= 11 is 0. The molecule has 0 atom stereocenters. The lowest BCUT2D eigenvalue weighted by Crippen LogP contribution is -2.25. The van der Waals surface area contributed by atoms with Crippen LogP contribution in [0.2, 0.25) is 0 Å². The van der Waals surface area contributed by atoms with Crippen molar-refractivity contribution in [2.24, 2.45) is 5.10 Å². The first kappa shape index (κ1) is 9.39. The van der Waals surface area contributed by atoms with Gasteiger partial charge >= 0.3 is 6.03 Å². The number of nitrogens with one attached hydrogen (secondary N) is 1. The Hall–Kier alpha value is -2.17.